The van der Waals surface area contributed by atoms with Crippen LogP contribution < -0.4 is 11.1 Å². The molecule has 1 saturated heterocycles. The smallest absolute Gasteiger partial charge is 0.225 e. The zero-order valence-electron chi connectivity index (χ0n) is 11.9. The highest BCUT2D eigenvalue weighted by Gasteiger charge is 2.15. The van der Waals surface area contributed by atoms with Crippen molar-refractivity contribution in [2.24, 2.45) is 0 Å². The quantitative estimate of drug-likeness (QED) is 0.625. The van der Waals surface area contributed by atoms with Crippen molar-refractivity contribution in [3.63, 3.8) is 0 Å². The highest BCUT2D eigenvalue weighted by molar-refractivity contribution is 7.99. The van der Waals surface area contributed by atoms with Crippen LogP contribution in [0.15, 0.2) is 18.2 Å². The maximum absolute atomic E-state index is 11.9. The number of benzene rings is 1. The maximum Gasteiger partial charge on any atom is 0.225 e. The van der Waals surface area contributed by atoms with Crippen LogP contribution in [-0.4, -0.2) is 30.1 Å². The van der Waals surface area contributed by atoms with Gasteiger partial charge in [0, 0.05) is 35.9 Å². The Balaban J connectivity index is 1.68. The standard InChI is InChI=1S/C15H22N2O2S/c1-11-4-5-12(16)9-14(11)17-15(18)6-8-20-10-13-3-2-7-19-13/h4-5,9,13H,2-3,6-8,10,16H2,1H3,(H,17,18). The van der Waals surface area contributed by atoms with Gasteiger partial charge in [0.2, 0.25) is 5.91 Å². The van der Waals surface area contributed by atoms with E-state index in [0.29, 0.717) is 18.2 Å². The van der Waals surface area contributed by atoms with Gasteiger partial charge in [-0.15, -0.1) is 0 Å². The Hall–Kier alpha value is -1.20. The number of nitrogens with two attached hydrogens (primary N) is 1. The van der Waals surface area contributed by atoms with E-state index < -0.39 is 0 Å². The van der Waals surface area contributed by atoms with Crippen molar-refractivity contribution in [3.05, 3.63) is 23.8 Å². The summed E-state index contributed by atoms with van der Waals surface area (Å²) < 4.78 is 5.55. The molecule has 1 aliphatic heterocycles. The minimum Gasteiger partial charge on any atom is -0.399 e. The summed E-state index contributed by atoms with van der Waals surface area (Å²) in [6.07, 6.45) is 3.23. The average Bonchev–Trinajstić information content (AvgIpc) is 2.92. The lowest BCUT2D eigenvalue weighted by Crippen LogP contribution is -2.14. The van der Waals surface area contributed by atoms with Crippen molar-refractivity contribution in [1.82, 2.24) is 0 Å². The molecule has 1 amide bonds. The lowest BCUT2D eigenvalue weighted by atomic mass is 10.2. The molecule has 0 aromatic heterocycles. The van der Waals surface area contributed by atoms with E-state index >= 15 is 0 Å². The van der Waals surface area contributed by atoms with Crippen molar-refractivity contribution in [2.75, 3.05) is 29.2 Å². The van der Waals surface area contributed by atoms with Gasteiger partial charge in [0.15, 0.2) is 0 Å². The predicted octanol–water partition coefficient (Wildman–Crippen LogP) is 2.82. The Labute approximate surface area is 124 Å². The van der Waals surface area contributed by atoms with Gasteiger partial charge in [0.1, 0.15) is 0 Å². The number of ether oxygens (including phenoxy) is 1. The third-order valence-corrected chi connectivity index (χ3v) is 4.44. The van der Waals surface area contributed by atoms with Crippen LogP contribution in [-0.2, 0) is 9.53 Å². The molecule has 1 aliphatic rings. The Morgan fingerprint density at radius 3 is 3.15 bits per heavy atom. The van der Waals surface area contributed by atoms with E-state index in [1.54, 1.807) is 17.8 Å². The molecule has 2 rings (SSSR count). The SMILES string of the molecule is Cc1ccc(N)cc1NC(=O)CCSCC1CCCO1. The second-order valence-corrected chi connectivity index (χ2v) is 6.23. The number of nitrogens with one attached hydrogen (secondary N) is 1. The molecular weight excluding hydrogens is 272 g/mol. The summed E-state index contributed by atoms with van der Waals surface area (Å²) in [5, 5.41) is 2.92. The molecular formula is C15H22N2O2S. The van der Waals surface area contributed by atoms with Crippen LogP contribution in [0, 0.1) is 6.92 Å². The molecule has 1 heterocycles. The first kappa shape index (κ1) is 15.2. The lowest BCUT2D eigenvalue weighted by Gasteiger charge is -2.10. The van der Waals surface area contributed by atoms with Gasteiger partial charge in [-0.3, -0.25) is 4.79 Å². The van der Waals surface area contributed by atoms with Crippen molar-refractivity contribution in [2.45, 2.75) is 32.3 Å². The molecule has 0 aliphatic carbocycles. The van der Waals surface area contributed by atoms with Crippen LogP contribution in [0.25, 0.3) is 0 Å². The first-order valence-electron chi connectivity index (χ1n) is 7.00. The molecule has 0 radical (unpaired) electrons. The van der Waals surface area contributed by atoms with Gasteiger partial charge >= 0.3 is 0 Å². The van der Waals surface area contributed by atoms with Crippen LogP contribution in [0.4, 0.5) is 11.4 Å². The summed E-state index contributed by atoms with van der Waals surface area (Å²) >= 11 is 1.79. The van der Waals surface area contributed by atoms with E-state index in [2.05, 4.69) is 5.32 Å². The number of hydrogen-bond acceptors (Lipinski definition) is 4. The van der Waals surface area contributed by atoms with Crippen LogP contribution >= 0.6 is 11.8 Å². The fourth-order valence-electron chi connectivity index (χ4n) is 2.14. The monoisotopic (exact) mass is 294 g/mol. The summed E-state index contributed by atoms with van der Waals surface area (Å²) in [6.45, 7) is 2.85. The van der Waals surface area contributed by atoms with Gasteiger partial charge in [-0.25, -0.2) is 0 Å². The molecule has 1 unspecified atom stereocenters. The molecule has 5 heteroatoms. The molecule has 0 bridgehead atoms. The van der Waals surface area contributed by atoms with Crippen LogP contribution in [0.3, 0.4) is 0 Å². The van der Waals surface area contributed by atoms with E-state index in [0.717, 1.165) is 35.8 Å². The van der Waals surface area contributed by atoms with Crippen LogP contribution in [0.5, 0.6) is 0 Å². The average molecular weight is 294 g/mol. The van der Waals surface area contributed by atoms with Crippen molar-refractivity contribution >= 4 is 29.0 Å². The van der Waals surface area contributed by atoms with Crippen molar-refractivity contribution in [1.29, 1.82) is 0 Å². The van der Waals surface area contributed by atoms with E-state index in [-0.39, 0.29) is 5.91 Å². The molecule has 0 saturated carbocycles. The zero-order valence-corrected chi connectivity index (χ0v) is 12.7. The number of rotatable bonds is 6. The second-order valence-electron chi connectivity index (χ2n) is 5.08. The van der Waals surface area contributed by atoms with Gasteiger partial charge < -0.3 is 15.8 Å². The largest absolute Gasteiger partial charge is 0.399 e. The van der Waals surface area contributed by atoms with Crippen LogP contribution in [0.1, 0.15) is 24.8 Å². The highest BCUT2D eigenvalue weighted by Crippen LogP contribution is 2.20. The fraction of sp³-hybridized carbons (Fsp3) is 0.533. The van der Waals surface area contributed by atoms with E-state index in [1.807, 2.05) is 19.1 Å². The molecule has 4 nitrogen and oxygen atoms in total. The van der Waals surface area contributed by atoms with Gasteiger partial charge in [-0.1, -0.05) is 6.07 Å². The second kappa shape index (κ2) is 7.55. The molecule has 1 atom stereocenters. The van der Waals surface area contributed by atoms with Gasteiger partial charge in [-0.2, -0.15) is 11.8 Å². The summed E-state index contributed by atoms with van der Waals surface area (Å²) in [4.78, 5) is 11.9. The molecule has 1 fully saturated rings. The molecule has 110 valence electrons. The Bertz CT molecular complexity index is 459. The highest BCUT2D eigenvalue weighted by atomic mass is 32.2. The third-order valence-electron chi connectivity index (χ3n) is 3.34. The van der Waals surface area contributed by atoms with E-state index in [9.17, 15) is 4.79 Å². The Morgan fingerprint density at radius 2 is 2.40 bits per heavy atom. The minimum atomic E-state index is 0.0403. The number of carbonyl (C=O) groups is 1. The number of carbonyl (C=O) groups excluding carboxylic acids is 1. The predicted molar refractivity (Wildman–Crippen MR) is 85.1 cm³/mol. The number of hydrogen-bond donors (Lipinski definition) is 2. The minimum absolute atomic E-state index is 0.0403. The Kier molecular flexibility index (Phi) is 5.73. The van der Waals surface area contributed by atoms with Crippen molar-refractivity contribution < 1.29 is 9.53 Å². The molecule has 3 N–H and O–H groups in total. The number of anilines is 2. The number of aryl methyl sites for hydroxylation is 1. The first-order chi connectivity index (χ1) is 9.65. The van der Waals surface area contributed by atoms with Crippen molar-refractivity contribution in [3.8, 4) is 0 Å². The summed E-state index contributed by atoms with van der Waals surface area (Å²) in [5.74, 6) is 1.86. The van der Waals surface area contributed by atoms with Gasteiger partial charge in [-0.05, 0) is 37.5 Å². The maximum atomic E-state index is 11.9. The normalized spacial score (nSPS) is 18.1. The molecule has 20 heavy (non-hydrogen) atoms. The summed E-state index contributed by atoms with van der Waals surface area (Å²) in [7, 11) is 0. The first-order valence-corrected chi connectivity index (χ1v) is 8.16. The topological polar surface area (TPSA) is 64.3 Å². The van der Waals surface area contributed by atoms with E-state index in [1.165, 1.54) is 6.42 Å². The number of thioether (sulfide) groups is 1. The molecule has 1 aromatic rings. The molecule has 1 aromatic carbocycles. The zero-order chi connectivity index (χ0) is 14.4. The molecule has 0 spiro atoms. The Morgan fingerprint density at radius 1 is 1.55 bits per heavy atom. The fourth-order valence-corrected chi connectivity index (χ4v) is 3.16. The van der Waals surface area contributed by atoms with Gasteiger partial charge in [0.05, 0.1) is 6.10 Å². The summed E-state index contributed by atoms with van der Waals surface area (Å²) in [6, 6.07) is 5.55. The number of amides is 1. The van der Waals surface area contributed by atoms with E-state index in [4.69, 9.17) is 10.5 Å². The van der Waals surface area contributed by atoms with Gasteiger partial charge in [0.25, 0.3) is 0 Å². The van der Waals surface area contributed by atoms with Crippen LogP contribution in [0.2, 0.25) is 0 Å². The lowest BCUT2D eigenvalue weighted by molar-refractivity contribution is -0.115. The third kappa shape index (κ3) is 4.72. The number of nitrogen functional groups attached to an aromatic ring is 1. The summed E-state index contributed by atoms with van der Waals surface area (Å²) in [5.41, 5.74) is 8.22.